The predicted molar refractivity (Wildman–Crippen MR) is 102 cm³/mol. The lowest BCUT2D eigenvalue weighted by Crippen LogP contribution is -2.33. The summed E-state index contributed by atoms with van der Waals surface area (Å²) in [5, 5.41) is 0. The van der Waals surface area contributed by atoms with Crippen molar-refractivity contribution in [2.24, 2.45) is 0 Å². The Morgan fingerprint density at radius 3 is 2.70 bits per heavy atom. The third-order valence-corrected chi connectivity index (χ3v) is 7.23. The molecule has 1 aromatic carbocycles. The Labute approximate surface area is 159 Å². The second kappa shape index (κ2) is 8.41. The number of aromatic amines is 1. The zero-order chi connectivity index (χ0) is 19.4. The second-order valence-electron chi connectivity index (χ2n) is 5.63. The molecule has 2 aromatic rings. The minimum atomic E-state index is -3.54. The molecule has 0 radical (unpaired) electrons. The molecule has 10 heteroatoms. The summed E-state index contributed by atoms with van der Waals surface area (Å²) in [6, 6.07) is 9.11. The zero-order valence-corrected chi connectivity index (χ0v) is 16.4. The first kappa shape index (κ1) is 19.9. The van der Waals surface area contributed by atoms with Gasteiger partial charge in [0.1, 0.15) is 0 Å². The van der Waals surface area contributed by atoms with E-state index in [1.165, 1.54) is 10.8 Å². The molecule has 1 aliphatic rings. The van der Waals surface area contributed by atoms with Crippen molar-refractivity contribution in [2.75, 3.05) is 6.61 Å². The molecule has 3 atom stereocenters. The molecule has 0 fully saturated rings. The monoisotopic (exact) mass is 410 g/mol. The Morgan fingerprint density at radius 2 is 2.00 bits per heavy atom. The van der Waals surface area contributed by atoms with Crippen LogP contribution in [0.2, 0.25) is 0 Å². The number of benzene rings is 1. The Morgan fingerprint density at radius 1 is 1.26 bits per heavy atom. The van der Waals surface area contributed by atoms with Crippen LogP contribution in [0.3, 0.4) is 0 Å². The quantitative estimate of drug-likeness (QED) is 0.553. The summed E-state index contributed by atoms with van der Waals surface area (Å²) in [4.78, 5) is 26.4. The van der Waals surface area contributed by atoms with Gasteiger partial charge in [-0.25, -0.2) is 9.36 Å². The Balaban J connectivity index is 1.73. The van der Waals surface area contributed by atoms with Crippen molar-refractivity contribution < 1.29 is 18.3 Å². The van der Waals surface area contributed by atoms with Crippen LogP contribution >= 0.6 is 18.2 Å². The van der Waals surface area contributed by atoms with Gasteiger partial charge in [-0.1, -0.05) is 18.2 Å². The summed E-state index contributed by atoms with van der Waals surface area (Å²) < 4.78 is 30.9. The number of aromatic nitrogens is 2. The number of hydrogen-bond acceptors (Lipinski definition) is 7. The fraction of sp³-hybridized carbons (Fsp3) is 0.294. The normalized spacial score (nSPS) is 21.3. The van der Waals surface area contributed by atoms with Crippen molar-refractivity contribution >= 4 is 18.2 Å². The Kier molecular flexibility index (Phi) is 6.18. The highest BCUT2D eigenvalue weighted by Crippen LogP contribution is 2.64. The van der Waals surface area contributed by atoms with Gasteiger partial charge < -0.3 is 9.26 Å². The van der Waals surface area contributed by atoms with Crippen molar-refractivity contribution in [2.45, 2.75) is 31.3 Å². The van der Waals surface area contributed by atoms with Gasteiger partial charge in [0, 0.05) is 16.7 Å². The van der Waals surface area contributed by atoms with Crippen LogP contribution in [0.5, 0.6) is 0 Å². The number of hydrogen-bond donors (Lipinski definition) is 1. The van der Waals surface area contributed by atoms with Gasteiger partial charge in [0.2, 0.25) is 0 Å². The molecule has 0 saturated heterocycles. The minimum absolute atomic E-state index is 0.204. The summed E-state index contributed by atoms with van der Waals surface area (Å²) in [5.41, 5.74) is -0.686. The van der Waals surface area contributed by atoms with Crippen LogP contribution in [0.15, 0.2) is 63.2 Å². The van der Waals surface area contributed by atoms with Crippen molar-refractivity contribution in [3.63, 3.8) is 0 Å². The molecule has 2 unspecified atom stereocenters. The van der Waals surface area contributed by atoms with Crippen LogP contribution in [0.4, 0.5) is 0 Å². The fourth-order valence-corrected chi connectivity index (χ4v) is 5.76. The molecule has 0 amide bonds. The SMILES string of the molecule is CCO[P@](=O)(OC1C=CC(n2cc(C)c(=O)[nH]c2=O)O1)Sc1ccccc1. The smallest absolute Gasteiger partial charge is 0.321 e. The van der Waals surface area contributed by atoms with Crippen LogP contribution in [0.1, 0.15) is 18.7 Å². The van der Waals surface area contributed by atoms with E-state index in [1.54, 1.807) is 38.1 Å². The minimum Gasteiger partial charge on any atom is -0.321 e. The topological polar surface area (TPSA) is 99.6 Å². The molecule has 0 bridgehead atoms. The molecule has 144 valence electrons. The van der Waals surface area contributed by atoms with E-state index in [1.807, 2.05) is 18.2 Å². The number of ether oxygens (including phenoxy) is 1. The van der Waals surface area contributed by atoms with Crippen molar-refractivity contribution in [1.29, 1.82) is 0 Å². The van der Waals surface area contributed by atoms with Gasteiger partial charge in [0.15, 0.2) is 12.5 Å². The van der Waals surface area contributed by atoms with Crippen molar-refractivity contribution in [1.82, 2.24) is 9.55 Å². The molecular weight excluding hydrogens is 391 g/mol. The molecule has 1 aromatic heterocycles. The Hall–Kier alpha value is -1.90. The molecular formula is C17H19N2O6PS. The van der Waals surface area contributed by atoms with E-state index < -0.39 is 30.6 Å². The number of nitrogens with zero attached hydrogens (tertiary/aromatic N) is 1. The summed E-state index contributed by atoms with van der Waals surface area (Å²) >= 11 is 0.988. The molecule has 0 spiro atoms. The molecule has 2 heterocycles. The van der Waals surface area contributed by atoms with Crippen LogP contribution in [0, 0.1) is 6.92 Å². The summed E-state index contributed by atoms with van der Waals surface area (Å²) in [6.07, 6.45) is 2.80. The summed E-state index contributed by atoms with van der Waals surface area (Å²) in [7, 11) is 0. The first-order valence-corrected chi connectivity index (χ1v) is 11.2. The van der Waals surface area contributed by atoms with Gasteiger partial charge in [-0.3, -0.25) is 18.9 Å². The number of aryl methyl sites for hydroxylation is 1. The number of rotatable bonds is 7. The van der Waals surface area contributed by atoms with E-state index in [4.69, 9.17) is 13.8 Å². The highest BCUT2D eigenvalue weighted by Gasteiger charge is 2.33. The van der Waals surface area contributed by atoms with Gasteiger partial charge >= 0.3 is 12.5 Å². The third-order valence-electron chi connectivity index (χ3n) is 3.61. The van der Waals surface area contributed by atoms with Gasteiger partial charge in [-0.2, -0.15) is 0 Å². The molecule has 1 aliphatic heterocycles. The van der Waals surface area contributed by atoms with Crippen LogP contribution in [-0.2, 0) is 18.3 Å². The van der Waals surface area contributed by atoms with E-state index in [0.717, 1.165) is 16.3 Å². The maximum absolute atomic E-state index is 13.0. The molecule has 0 aliphatic carbocycles. The summed E-state index contributed by atoms with van der Waals surface area (Å²) in [6.45, 7) is -0.0335. The second-order valence-corrected chi connectivity index (χ2v) is 9.54. The van der Waals surface area contributed by atoms with Crippen molar-refractivity contribution in [3.05, 3.63) is 75.1 Å². The van der Waals surface area contributed by atoms with E-state index >= 15 is 0 Å². The predicted octanol–water partition coefficient (Wildman–Crippen LogP) is 3.21. The largest absolute Gasteiger partial charge is 0.396 e. The first-order chi connectivity index (χ1) is 12.9. The molecule has 8 nitrogen and oxygen atoms in total. The standard InChI is InChI=1S/C17H19N2O6PS/c1-3-23-26(22,27-13-7-5-4-6-8-13)25-15-10-9-14(24-15)19-11-12(2)16(20)18-17(19)21/h4-11,14-15H,3H2,1-2H3,(H,18,20,21)/t14?,15?,26-/m1/s1. The molecule has 3 rings (SSSR count). The highest BCUT2D eigenvalue weighted by atomic mass is 32.7. The van der Waals surface area contributed by atoms with E-state index in [0.29, 0.717) is 5.56 Å². The molecule has 1 N–H and O–H groups in total. The fourth-order valence-electron chi connectivity index (χ4n) is 2.38. The average Bonchev–Trinajstić information content (AvgIpc) is 3.06. The lowest BCUT2D eigenvalue weighted by atomic mass is 10.4. The summed E-state index contributed by atoms with van der Waals surface area (Å²) in [5.74, 6) is 0. The van der Waals surface area contributed by atoms with Gasteiger partial charge in [-0.15, -0.1) is 0 Å². The van der Waals surface area contributed by atoms with Gasteiger partial charge in [-0.05, 0) is 49.5 Å². The zero-order valence-electron chi connectivity index (χ0n) is 14.7. The maximum Gasteiger partial charge on any atom is 0.396 e. The van der Waals surface area contributed by atoms with Crippen LogP contribution < -0.4 is 11.2 Å². The van der Waals surface area contributed by atoms with Crippen LogP contribution in [-0.4, -0.2) is 22.4 Å². The molecule has 27 heavy (non-hydrogen) atoms. The van der Waals surface area contributed by atoms with Gasteiger partial charge in [0.25, 0.3) is 5.56 Å². The van der Waals surface area contributed by atoms with Gasteiger partial charge in [0.05, 0.1) is 6.61 Å². The lowest BCUT2D eigenvalue weighted by molar-refractivity contribution is -0.0862. The maximum atomic E-state index is 13.0. The Bertz CT molecular complexity index is 987. The third kappa shape index (κ3) is 4.88. The number of H-pyrrole nitrogens is 1. The highest BCUT2D eigenvalue weighted by molar-refractivity contribution is 8.55. The lowest BCUT2D eigenvalue weighted by Gasteiger charge is -2.21. The number of nitrogens with one attached hydrogen (secondary N) is 1. The molecule has 0 saturated carbocycles. The van der Waals surface area contributed by atoms with E-state index in [-0.39, 0.29) is 6.61 Å². The van der Waals surface area contributed by atoms with E-state index in [2.05, 4.69) is 4.98 Å². The van der Waals surface area contributed by atoms with Crippen LogP contribution in [0.25, 0.3) is 0 Å². The van der Waals surface area contributed by atoms with E-state index in [9.17, 15) is 14.2 Å². The average molecular weight is 410 g/mol. The van der Waals surface area contributed by atoms with Crippen molar-refractivity contribution in [3.8, 4) is 0 Å². The first-order valence-electron chi connectivity index (χ1n) is 8.23.